The van der Waals surface area contributed by atoms with Gasteiger partial charge in [-0.25, -0.2) is 0 Å². The SMILES string of the molecule is COCC(N[C@@H](C)C1CCCC1)C(=O)O. The number of carbonyl (C=O) groups is 1. The molecule has 0 aliphatic heterocycles. The van der Waals surface area contributed by atoms with Gasteiger partial charge in [-0.05, 0) is 25.7 Å². The van der Waals surface area contributed by atoms with E-state index in [2.05, 4.69) is 12.2 Å². The minimum atomic E-state index is -0.832. The van der Waals surface area contributed by atoms with Crippen molar-refractivity contribution in [2.45, 2.75) is 44.7 Å². The van der Waals surface area contributed by atoms with Gasteiger partial charge in [-0.2, -0.15) is 0 Å². The predicted molar refractivity (Wildman–Crippen MR) is 57.9 cm³/mol. The maximum Gasteiger partial charge on any atom is 0.323 e. The zero-order chi connectivity index (χ0) is 11.3. The monoisotopic (exact) mass is 215 g/mol. The van der Waals surface area contributed by atoms with E-state index in [1.807, 2.05) is 0 Å². The quantitative estimate of drug-likeness (QED) is 0.700. The molecule has 0 aromatic heterocycles. The molecule has 0 heterocycles. The van der Waals surface area contributed by atoms with E-state index in [4.69, 9.17) is 9.84 Å². The summed E-state index contributed by atoms with van der Waals surface area (Å²) in [6, 6.07) is -0.311. The van der Waals surface area contributed by atoms with Crippen LogP contribution in [0.3, 0.4) is 0 Å². The second-order valence-electron chi connectivity index (χ2n) is 4.35. The van der Waals surface area contributed by atoms with Gasteiger partial charge in [-0.1, -0.05) is 12.8 Å². The summed E-state index contributed by atoms with van der Waals surface area (Å²) in [6.45, 7) is 2.30. The molecular weight excluding hydrogens is 194 g/mol. The Morgan fingerprint density at radius 3 is 2.60 bits per heavy atom. The molecule has 1 rings (SSSR count). The molecular formula is C11H21NO3. The Morgan fingerprint density at radius 1 is 1.53 bits per heavy atom. The van der Waals surface area contributed by atoms with Crippen LogP contribution in [0, 0.1) is 5.92 Å². The Kier molecular flexibility index (Phi) is 5.05. The molecule has 0 radical (unpaired) electrons. The molecule has 4 heteroatoms. The third kappa shape index (κ3) is 3.80. The molecule has 2 atom stereocenters. The normalized spacial score (nSPS) is 21.5. The number of carboxylic acid groups (broad SMARTS) is 1. The number of carboxylic acids is 1. The zero-order valence-corrected chi connectivity index (χ0v) is 9.53. The van der Waals surface area contributed by atoms with Gasteiger partial charge in [0, 0.05) is 13.2 Å². The highest BCUT2D eigenvalue weighted by Crippen LogP contribution is 2.27. The Bertz CT molecular complexity index is 202. The van der Waals surface area contributed by atoms with Crippen molar-refractivity contribution in [3.05, 3.63) is 0 Å². The molecule has 1 aliphatic rings. The highest BCUT2D eigenvalue weighted by atomic mass is 16.5. The molecule has 4 nitrogen and oxygen atoms in total. The first-order chi connectivity index (χ1) is 7.15. The van der Waals surface area contributed by atoms with Crippen LogP contribution in [0.2, 0.25) is 0 Å². The van der Waals surface area contributed by atoms with Crippen LogP contribution in [0.25, 0.3) is 0 Å². The van der Waals surface area contributed by atoms with E-state index in [0.717, 1.165) is 0 Å². The molecule has 0 spiro atoms. The minimum Gasteiger partial charge on any atom is -0.480 e. The molecule has 15 heavy (non-hydrogen) atoms. The second-order valence-corrected chi connectivity index (χ2v) is 4.35. The largest absolute Gasteiger partial charge is 0.480 e. The topological polar surface area (TPSA) is 58.6 Å². The lowest BCUT2D eigenvalue weighted by Crippen LogP contribution is -2.47. The van der Waals surface area contributed by atoms with Gasteiger partial charge in [0.05, 0.1) is 6.61 Å². The third-order valence-electron chi connectivity index (χ3n) is 3.20. The second kappa shape index (κ2) is 6.08. The van der Waals surface area contributed by atoms with Gasteiger partial charge in [-0.15, -0.1) is 0 Å². The Morgan fingerprint density at radius 2 is 2.13 bits per heavy atom. The van der Waals surface area contributed by atoms with Gasteiger partial charge < -0.3 is 9.84 Å². The van der Waals surface area contributed by atoms with Gasteiger partial charge in [-0.3, -0.25) is 10.1 Å². The summed E-state index contributed by atoms with van der Waals surface area (Å²) in [4.78, 5) is 10.9. The van der Waals surface area contributed by atoms with Crippen LogP contribution in [0.15, 0.2) is 0 Å². The summed E-state index contributed by atoms with van der Waals surface area (Å²) < 4.78 is 4.89. The van der Waals surface area contributed by atoms with E-state index < -0.39 is 12.0 Å². The number of nitrogens with one attached hydrogen (secondary N) is 1. The molecule has 0 aromatic rings. The molecule has 0 bridgehead atoms. The highest BCUT2D eigenvalue weighted by Gasteiger charge is 2.26. The fourth-order valence-electron chi connectivity index (χ4n) is 2.27. The number of ether oxygens (including phenoxy) is 1. The number of rotatable bonds is 6. The van der Waals surface area contributed by atoms with E-state index in [1.165, 1.54) is 32.8 Å². The van der Waals surface area contributed by atoms with Crippen LogP contribution in [0.4, 0.5) is 0 Å². The van der Waals surface area contributed by atoms with Crippen molar-refractivity contribution in [3.63, 3.8) is 0 Å². The molecule has 1 unspecified atom stereocenters. The van der Waals surface area contributed by atoms with Crippen LogP contribution in [-0.2, 0) is 9.53 Å². The number of aliphatic carboxylic acids is 1. The fourth-order valence-corrected chi connectivity index (χ4v) is 2.27. The van der Waals surface area contributed by atoms with Crippen LogP contribution in [0.1, 0.15) is 32.6 Å². The van der Waals surface area contributed by atoms with Gasteiger partial charge in [0.25, 0.3) is 0 Å². The Hall–Kier alpha value is -0.610. The average molecular weight is 215 g/mol. The number of methoxy groups -OCH3 is 1. The summed E-state index contributed by atoms with van der Waals surface area (Å²) in [7, 11) is 1.53. The first kappa shape index (κ1) is 12.5. The summed E-state index contributed by atoms with van der Waals surface area (Å²) in [5.41, 5.74) is 0. The minimum absolute atomic E-state index is 0.229. The smallest absolute Gasteiger partial charge is 0.323 e. The van der Waals surface area contributed by atoms with Crippen molar-refractivity contribution in [2.75, 3.05) is 13.7 Å². The van der Waals surface area contributed by atoms with Crippen molar-refractivity contribution in [1.29, 1.82) is 0 Å². The van der Waals surface area contributed by atoms with E-state index >= 15 is 0 Å². The van der Waals surface area contributed by atoms with Crippen LogP contribution in [0.5, 0.6) is 0 Å². The zero-order valence-electron chi connectivity index (χ0n) is 9.53. The lowest BCUT2D eigenvalue weighted by Gasteiger charge is -2.24. The molecule has 1 aliphatic carbocycles. The van der Waals surface area contributed by atoms with E-state index in [9.17, 15) is 4.79 Å². The molecule has 2 N–H and O–H groups in total. The van der Waals surface area contributed by atoms with Crippen LogP contribution < -0.4 is 5.32 Å². The first-order valence-electron chi connectivity index (χ1n) is 5.63. The molecule has 0 amide bonds. The third-order valence-corrected chi connectivity index (χ3v) is 3.20. The van der Waals surface area contributed by atoms with E-state index in [1.54, 1.807) is 0 Å². The summed E-state index contributed by atoms with van der Waals surface area (Å²) in [6.07, 6.45) is 4.98. The molecule has 0 saturated heterocycles. The molecule has 1 saturated carbocycles. The van der Waals surface area contributed by atoms with Crippen molar-refractivity contribution in [1.82, 2.24) is 5.32 Å². The van der Waals surface area contributed by atoms with Gasteiger partial charge >= 0.3 is 5.97 Å². The summed E-state index contributed by atoms with van der Waals surface area (Å²) in [5, 5.41) is 12.1. The lowest BCUT2D eigenvalue weighted by molar-refractivity contribution is -0.141. The Balaban J connectivity index is 2.38. The lowest BCUT2D eigenvalue weighted by atomic mass is 9.99. The molecule has 0 aromatic carbocycles. The Labute approximate surface area is 91.0 Å². The van der Waals surface area contributed by atoms with Crippen molar-refractivity contribution in [2.24, 2.45) is 5.92 Å². The van der Waals surface area contributed by atoms with Gasteiger partial charge in [0.1, 0.15) is 6.04 Å². The standard InChI is InChI=1S/C11H21NO3/c1-8(9-5-3-4-6-9)12-10(7-15-2)11(13)14/h8-10,12H,3-7H2,1-2H3,(H,13,14)/t8-,10?/m0/s1. The number of hydrogen-bond acceptors (Lipinski definition) is 3. The highest BCUT2D eigenvalue weighted by molar-refractivity contribution is 5.73. The fraction of sp³-hybridized carbons (Fsp3) is 0.909. The molecule has 88 valence electrons. The maximum atomic E-state index is 10.9. The van der Waals surface area contributed by atoms with E-state index in [0.29, 0.717) is 5.92 Å². The summed E-state index contributed by atoms with van der Waals surface area (Å²) >= 11 is 0. The first-order valence-corrected chi connectivity index (χ1v) is 5.63. The van der Waals surface area contributed by atoms with Crippen molar-refractivity contribution < 1.29 is 14.6 Å². The van der Waals surface area contributed by atoms with Crippen LogP contribution >= 0.6 is 0 Å². The average Bonchev–Trinajstić information content (AvgIpc) is 2.69. The van der Waals surface area contributed by atoms with Gasteiger partial charge in [0.15, 0.2) is 0 Å². The molecule has 1 fully saturated rings. The van der Waals surface area contributed by atoms with Crippen molar-refractivity contribution >= 4 is 5.97 Å². The predicted octanol–water partition coefficient (Wildman–Crippen LogP) is 1.25. The van der Waals surface area contributed by atoms with E-state index in [-0.39, 0.29) is 12.6 Å². The maximum absolute atomic E-state index is 10.9. The van der Waals surface area contributed by atoms with Crippen molar-refractivity contribution in [3.8, 4) is 0 Å². The van der Waals surface area contributed by atoms with Crippen LogP contribution in [-0.4, -0.2) is 36.9 Å². The number of hydrogen-bond donors (Lipinski definition) is 2. The summed E-state index contributed by atoms with van der Waals surface area (Å²) in [5.74, 6) is -0.203. The van der Waals surface area contributed by atoms with Gasteiger partial charge in [0.2, 0.25) is 0 Å².